The molecule has 1 aromatic rings. The number of methoxy groups -OCH3 is 1. The summed E-state index contributed by atoms with van der Waals surface area (Å²) in [5.41, 5.74) is 0.260. The number of hydrogen-bond donors (Lipinski definition) is 1. The molecule has 4 nitrogen and oxygen atoms in total. The van der Waals surface area contributed by atoms with E-state index in [0.717, 1.165) is 32.5 Å². The predicted octanol–water partition coefficient (Wildman–Crippen LogP) is 2.12. The van der Waals surface area contributed by atoms with E-state index in [-0.39, 0.29) is 5.56 Å². The second kappa shape index (κ2) is 6.30. The average Bonchev–Trinajstić information content (AvgIpc) is 2.83. The Morgan fingerprint density at radius 2 is 2.10 bits per heavy atom. The molecule has 1 N–H and O–H groups in total. The highest BCUT2D eigenvalue weighted by Crippen LogP contribution is 2.31. The fraction of sp³-hybridized carbons (Fsp3) is 0.625. The van der Waals surface area contributed by atoms with Crippen LogP contribution in [0.2, 0.25) is 0 Å². The van der Waals surface area contributed by atoms with Crippen LogP contribution in [0.5, 0.6) is 5.75 Å². The van der Waals surface area contributed by atoms with Crippen molar-refractivity contribution in [2.24, 2.45) is 0 Å². The third kappa shape index (κ3) is 3.20. The molecule has 5 heteroatoms. The summed E-state index contributed by atoms with van der Waals surface area (Å²) in [6, 6.07) is 4.62. The lowest BCUT2D eigenvalue weighted by Crippen LogP contribution is -2.43. The zero-order valence-corrected chi connectivity index (χ0v) is 12.3. The van der Waals surface area contributed by atoms with Crippen molar-refractivity contribution in [1.82, 2.24) is 4.90 Å². The fourth-order valence-corrected chi connectivity index (χ4v) is 3.35. The quantitative estimate of drug-likeness (QED) is 0.903. The summed E-state index contributed by atoms with van der Waals surface area (Å²) in [6.07, 6.45) is 2.58. The van der Waals surface area contributed by atoms with Crippen LogP contribution >= 0.6 is 0 Å². The number of nitrogens with zero attached hydrogens (tertiary/aromatic N) is 1. The molecule has 3 rings (SSSR count). The van der Waals surface area contributed by atoms with Crippen molar-refractivity contribution in [2.45, 2.75) is 37.6 Å². The van der Waals surface area contributed by atoms with Gasteiger partial charge in [0.25, 0.3) is 0 Å². The fourth-order valence-electron chi connectivity index (χ4n) is 3.35. The van der Waals surface area contributed by atoms with Gasteiger partial charge in [-0.25, -0.2) is 4.39 Å². The number of fused-ring (bicyclic) bond motifs is 2. The number of aliphatic hydroxyl groups is 1. The van der Waals surface area contributed by atoms with Gasteiger partial charge in [-0.05, 0) is 31.4 Å². The van der Waals surface area contributed by atoms with Crippen molar-refractivity contribution >= 4 is 0 Å². The molecule has 2 bridgehead atoms. The Kier molecular flexibility index (Phi) is 4.42. The van der Waals surface area contributed by atoms with Crippen molar-refractivity contribution in [2.75, 3.05) is 26.7 Å². The second-order valence-electron chi connectivity index (χ2n) is 5.88. The smallest absolute Gasteiger partial charge is 0.132 e. The summed E-state index contributed by atoms with van der Waals surface area (Å²) in [6.45, 7) is 2.57. The normalized spacial score (nSPS) is 26.8. The lowest BCUT2D eigenvalue weighted by molar-refractivity contribution is -0.0415. The third-order valence-electron chi connectivity index (χ3n) is 4.40. The first-order valence-corrected chi connectivity index (χ1v) is 7.55. The lowest BCUT2D eigenvalue weighted by Gasteiger charge is -2.32. The standard InChI is InChI=1S/C16H22FNO3/c1-20-15-4-2-3-13(17)16(15)14(19)7-8-18-9-11-5-6-12(10-18)21-11/h2-4,11-12,14,19H,5-10H2,1H3. The summed E-state index contributed by atoms with van der Waals surface area (Å²) in [5.74, 6) is -0.00607. The third-order valence-corrected chi connectivity index (χ3v) is 4.40. The van der Waals surface area contributed by atoms with Gasteiger partial charge in [0.15, 0.2) is 0 Å². The average molecular weight is 295 g/mol. The monoisotopic (exact) mass is 295 g/mol. The number of benzene rings is 1. The van der Waals surface area contributed by atoms with Crippen molar-refractivity contribution in [3.63, 3.8) is 0 Å². The number of halogens is 1. The number of likely N-dealkylation sites (tertiary alicyclic amines) is 1. The maximum absolute atomic E-state index is 13.9. The van der Waals surface area contributed by atoms with Gasteiger partial charge in [0.2, 0.25) is 0 Å². The predicted molar refractivity (Wildman–Crippen MR) is 76.9 cm³/mol. The van der Waals surface area contributed by atoms with E-state index in [9.17, 15) is 9.50 Å². The van der Waals surface area contributed by atoms with Gasteiger partial charge in [-0.3, -0.25) is 4.90 Å². The number of morpholine rings is 1. The van der Waals surface area contributed by atoms with Crippen LogP contribution in [0.25, 0.3) is 0 Å². The molecule has 2 fully saturated rings. The van der Waals surface area contributed by atoms with E-state index < -0.39 is 11.9 Å². The van der Waals surface area contributed by atoms with E-state index >= 15 is 0 Å². The van der Waals surface area contributed by atoms with Crippen molar-refractivity contribution in [3.05, 3.63) is 29.6 Å². The molecule has 3 unspecified atom stereocenters. The molecule has 2 aliphatic heterocycles. The highest BCUT2D eigenvalue weighted by molar-refractivity contribution is 5.36. The van der Waals surface area contributed by atoms with E-state index in [1.54, 1.807) is 12.1 Å². The Hall–Kier alpha value is -1.17. The first-order chi connectivity index (χ1) is 10.2. The van der Waals surface area contributed by atoms with Crippen molar-refractivity contribution in [1.29, 1.82) is 0 Å². The molecule has 0 aromatic heterocycles. The van der Waals surface area contributed by atoms with E-state index in [1.807, 2.05) is 0 Å². The maximum atomic E-state index is 13.9. The highest BCUT2D eigenvalue weighted by atomic mass is 19.1. The Balaban J connectivity index is 1.60. The van der Waals surface area contributed by atoms with Crippen LogP contribution in [-0.2, 0) is 4.74 Å². The molecule has 21 heavy (non-hydrogen) atoms. The summed E-state index contributed by atoms with van der Waals surface area (Å²) < 4.78 is 24.9. The summed E-state index contributed by atoms with van der Waals surface area (Å²) in [4.78, 5) is 2.31. The van der Waals surface area contributed by atoms with E-state index in [1.165, 1.54) is 13.2 Å². The summed E-state index contributed by atoms with van der Waals surface area (Å²) in [7, 11) is 1.49. The maximum Gasteiger partial charge on any atom is 0.132 e. The SMILES string of the molecule is COc1cccc(F)c1C(O)CCN1CC2CCC(C1)O2. The zero-order chi connectivity index (χ0) is 14.8. The molecular formula is C16H22FNO3. The number of rotatable bonds is 5. The molecule has 0 saturated carbocycles. The number of ether oxygens (including phenoxy) is 2. The van der Waals surface area contributed by atoms with Crippen LogP contribution < -0.4 is 4.74 Å². The molecule has 3 atom stereocenters. The Bertz CT molecular complexity index is 484. The van der Waals surface area contributed by atoms with Crippen LogP contribution in [0.1, 0.15) is 30.9 Å². The van der Waals surface area contributed by atoms with Gasteiger partial charge in [0, 0.05) is 19.6 Å². The summed E-state index contributed by atoms with van der Waals surface area (Å²) in [5, 5.41) is 10.3. The van der Waals surface area contributed by atoms with Crippen molar-refractivity contribution in [3.8, 4) is 5.75 Å². The Morgan fingerprint density at radius 3 is 2.76 bits per heavy atom. The molecule has 0 spiro atoms. The minimum Gasteiger partial charge on any atom is -0.496 e. The summed E-state index contributed by atoms with van der Waals surface area (Å²) >= 11 is 0. The Labute approximate surface area is 124 Å². The van der Waals surface area contributed by atoms with Gasteiger partial charge < -0.3 is 14.6 Å². The van der Waals surface area contributed by atoms with Crippen LogP contribution in [-0.4, -0.2) is 49.0 Å². The highest BCUT2D eigenvalue weighted by Gasteiger charge is 2.33. The molecule has 0 aliphatic carbocycles. The van der Waals surface area contributed by atoms with E-state index in [4.69, 9.17) is 9.47 Å². The second-order valence-corrected chi connectivity index (χ2v) is 5.88. The van der Waals surface area contributed by atoms with Crippen LogP contribution in [0.4, 0.5) is 4.39 Å². The van der Waals surface area contributed by atoms with E-state index in [0.29, 0.717) is 24.4 Å². The number of hydrogen-bond acceptors (Lipinski definition) is 4. The van der Waals surface area contributed by atoms with Gasteiger partial charge in [0.1, 0.15) is 11.6 Å². The van der Waals surface area contributed by atoms with Crippen LogP contribution in [0.15, 0.2) is 18.2 Å². The Morgan fingerprint density at radius 1 is 1.38 bits per heavy atom. The lowest BCUT2D eigenvalue weighted by atomic mass is 10.0. The van der Waals surface area contributed by atoms with E-state index in [2.05, 4.69) is 4.90 Å². The first kappa shape index (κ1) is 14.8. The molecule has 0 amide bonds. The van der Waals surface area contributed by atoms with Crippen molar-refractivity contribution < 1.29 is 19.0 Å². The largest absolute Gasteiger partial charge is 0.496 e. The zero-order valence-electron chi connectivity index (χ0n) is 12.3. The van der Waals surface area contributed by atoms with Crippen LogP contribution in [0.3, 0.4) is 0 Å². The van der Waals surface area contributed by atoms with Crippen LogP contribution in [0, 0.1) is 5.82 Å². The van der Waals surface area contributed by atoms with Gasteiger partial charge in [-0.15, -0.1) is 0 Å². The molecule has 2 aliphatic rings. The topological polar surface area (TPSA) is 41.9 Å². The van der Waals surface area contributed by atoms with Gasteiger partial charge >= 0.3 is 0 Å². The number of aliphatic hydroxyl groups excluding tert-OH is 1. The van der Waals surface area contributed by atoms with Gasteiger partial charge in [-0.2, -0.15) is 0 Å². The molecule has 1 aromatic carbocycles. The van der Waals surface area contributed by atoms with Gasteiger partial charge in [-0.1, -0.05) is 6.07 Å². The minimum atomic E-state index is -0.846. The molecule has 2 heterocycles. The molecule has 0 radical (unpaired) electrons. The molecule has 116 valence electrons. The van der Waals surface area contributed by atoms with Gasteiger partial charge in [0.05, 0.1) is 31.0 Å². The molecule has 2 saturated heterocycles. The minimum absolute atomic E-state index is 0.260. The molecular weight excluding hydrogens is 273 g/mol. The first-order valence-electron chi connectivity index (χ1n) is 7.55.